The van der Waals surface area contributed by atoms with E-state index in [0.717, 1.165) is 17.9 Å². The number of imide groups is 1. The first kappa shape index (κ1) is 24.7. The number of anilines is 1. The zero-order valence-corrected chi connectivity index (χ0v) is 20.9. The topological polar surface area (TPSA) is 76.9 Å². The van der Waals surface area contributed by atoms with Crippen LogP contribution in [0.2, 0.25) is 0 Å². The first-order valence-electron chi connectivity index (χ1n) is 12.4. The number of likely N-dealkylation sites (tertiary alicyclic amines) is 1. The summed E-state index contributed by atoms with van der Waals surface area (Å²) in [6.07, 6.45) is 4.52. The molecule has 7 nitrogen and oxygen atoms in total. The van der Waals surface area contributed by atoms with E-state index >= 15 is 0 Å². The fourth-order valence-electron chi connectivity index (χ4n) is 4.83. The minimum atomic E-state index is -0.949. The van der Waals surface area contributed by atoms with E-state index in [1.165, 1.54) is 42.8 Å². The Morgan fingerprint density at radius 2 is 1.74 bits per heavy atom. The van der Waals surface area contributed by atoms with Crippen LogP contribution in [0.1, 0.15) is 56.2 Å². The summed E-state index contributed by atoms with van der Waals surface area (Å²) in [6.45, 7) is 9.54. The number of rotatable bonds is 8. The third kappa shape index (κ3) is 5.33. The fraction of sp³-hybridized carbons (Fsp3) is 0.464. The number of urea groups is 1. The van der Waals surface area contributed by atoms with Gasteiger partial charge in [0.05, 0.1) is 23.9 Å². The van der Waals surface area contributed by atoms with Crippen molar-refractivity contribution in [3.63, 3.8) is 0 Å². The van der Waals surface area contributed by atoms with Crippen LogP contribution >= 0.6 is 0 Å². The van der Waals surface area contributed by atoms with Gasteiger partial charge in [0.25, 0.3) is 5.91 Å². The number of nitriles is 1. The number of carbonyl (C=O) groups is 2. The molecule has 2 aromatic rings. The molecule has 0 aromatic heterocycles. The molecule has 0 aliphatic carbocycles. The monoisotopic (exact) mass is 474 g/mol. The van der Waals surface area contributed by atoms with Gasteiger partial charge in [-0.25, -0.2) is 9.69 Å². The van der Waals surface area contributed by atoms with Gasteiger partial charge in [-0.3, -0.25) is 9.69 Å². The molecule has 3 amide bonds. The number of carbonyl (C=O) groups excluding carboxylic acids is 2. The van der Waals surface area contributed by atoms with E-state index in [4.69, 9.17) is 10.00 Å². The summed E-state index contributed by atoms with van der Waals surface area (Å²) in [7, 11) is 0. The Morgan fingerprint density at radius 3 is 2.40 bits per heavy atom. The Morgan fingerprint density at radius 1 is 1.03 bits per heavy atom. The van der Waals surface area contributed by atoms with E-state index in [9.17, 15) is 9.59 Å². The van der Waals surface area contributed by atoms with Gasteiger partial charge >= 0.3 is 6.03 Å². The van der Waals surface area contributed by atoms with Crippen molar-refractivity contribution in [1.29, 1.82) is 5.26 Å². The van der Waals surface area contributed by atoms with Gasteiger partial charge in [0.2, 0.25) is 0 Å². The fourth-order valence-corrected chi connectivity index (χ4v) is 4.83. The zero-order chi connectivity index (χ0) is 25.0. The Hall–Kier alpha value is -3.37. The molecule has 0 atom stereocenters. The van der Waals surface area contributed by atoms with Crippen molar-refractivity contribution in [2.75, 3.05) is 31.1 Å². The van der Waals surface area contributed by atoms with E-state index in [1.54, 1.807) is 43.9 Å². The van der Waals surface area contributed by atoms with E-state index in [2.05, 4.69) is 23.1 Å². The second-order valence-corrected chi connectivity index (χ2v) is 9.93. The first-order valence-corrected chi connectivity index (χ1v) is 12.4. The molecule has 2 aromatic carbocycles. The van der Waals surface area contributed by atoms with Crippen LogP contribution in [-0.4, -0.2) is 53.5 Å². The van der Waals surface area contributed by atoms with Gasteiger partial charge in [-0.1, -0.05) is 18.6 Å². The van der Waals surface area contributed by atoms with Crippen molar-refractivity contribution in [2.24, 2.45) is 0 Å². The highest BCUT2D eigenvalue weighted by atomic mass is 16.5. The average Bonchev–Trinajstić information content (AvgIpc) is 3.02. The van der Waals surface area contributed by atoms with Gasteiger partial charge in [0, 0.05) is 13.1 Å². The summed E-state index contributed by atoms with van der Waals surface area (Å²) in [6, 6.07) is 15.0. The lowest BCUT2D eigenvalue weighted by atomic mass is 10.0. The predicted molar refractivity (Wildman–Crippen MR) is 135 cm³/mol. The van der Waals surface area contributed by atoms with Crippen LogP contribution < -0.4 is 9.64 Å². The van der Waals surface area contributed by atoms with Crippen LogP contribution in [-0.2, 0) is 11.3 Å². The number of hydrogen-bond acceptors (Lipinski definition) is 5. The molecule has 4 rings (SSSR count). The van der Waals surface area contributed by atoms with Crippen LogP contribution in [0, 0.1) is 18.3 Å². The molecular formula is C28H34N4O3. The summed E-state index contributed by atoms with van der Waals surface area (Å²) in [5, 5.41) is 9.17. The second-order valence-electron chi connectivity index (χ2n) is 9.93. The zero-order valence-electron chi connectivity index (χ0n) is 20.9. The van der Waals surface area contributed by atoms with Crippen LogP contribution in [0.3, 0.4) is 0 Å². The van der Waals surface area contributed by atoms with Crippen LogP contribution in [0.15, 0.2) is 42.5 Å². The van der Waals surface area contributed by atoms with E-state index < -0.39 is 5.54 Å². The Bertz CT molecular complexity index is 1110. The molecule has 35 heavy (non-hydrogen) atoms. The molecule has 7 heteroatoms. The molecule has 2 heterocycles. The first-order chi connectivity index (χ1) is 16.8. The number of piperidine rings is 1. The highest BCUT2D eigenvalue weighted by Crippen LogP contribution is 2.33. The van der Waals surface area contributed by atoms with Gasteiger partial charge < -0.3 is 9.64 Å². The van der Waals surface area contributed by atoms with Gasteiger partial charge in [0.15, 0.2) is 0 Å². The van der Waals surface area contributed by atoms with Crippen molar-refractivity contribution >= 4 is 17.6 Å². The average molecular weight is 475 g/mol. The Labute approximate surface area is 207 Å². The number of ether oxygens (including phenoxy) is 1. The van der Waals surface area contributed by atoms with Crippen molar-refractivity contribution in [3.05, 3.63) is 59.2 Å². The summed E-state index contributed by atoms with van der Waals surface area (Å²) in [5.74, 6) is 0.544. The lowest BCUT2D eigenvalue weighted by molar-refractivity contribution is -0.123. The molecule has 0 spiro atoms. The Balaban J connectivity index is 1.31. The number of hydrogen-bond donors (Lipinski definition) is 0. The van der Waals surface area contributed by atoms with Gasteiger partial charge in [-0.2, -0.15) is 5.26 Å². The minimum absolute atomic E-state index is 0.267. The molecule has 0 saturated carbocycles. The third-order valence-corrected chi connectivity index (χ3v) is 6.99. The lowest BCUT2D eigenvalue weighted by Crippen LogP contribution is -2.44. The highest BCUT2D eigenvalue weighted by molar-refractivity contribution is 6.23. The molecular weight excluding hydrogens is 440 g/mol. The number of aryl methyl sites for hydroxylation is 1. The molecule has 0 bridgehead atoms. The maximum absolute atomic E-state index is 13.2. The molecule has 184 valence electrons. The van der Waals surface area contributed by atoms with Gasteiger partial charge in [0.1, 0.15) is 11.3 Å². The summed E-state index contributed by atoms with van der Waals surface area (Å²) >= 11 is 0. The molecule has 2 saturated heterocycles. The smallest absolute Gasteiger partial charge is 0.332 e. The van der Waals surface area contributed by atoms with Crippen molar-refractivity contribution in [3.8, 4) is 11.8 Å². The largest absolute Gasteiger partial charge is 0.494 e. The third-order valence-electron chi connectivity index (χ3n) is 6.99. The van der Waals surface area contributed by atoms with Crippen LogP contribution in [0.5, 0.6) is 5.75 Å². The normalized spacial score (nSPS) is 18.1. The maximum Gasteiger partial charge on any atom is 0.332 e. The van der Waals surface area contributed by atoms with Crippen LogP contribution in [0.4, 0.5) is 10.5 Å². The maximum atomic E-state index is 13.2. The van der Waals surface area contributed by atoms with Crippen LogP contribution in [0.25, 0.3) is 0 Å². The summed E-state index contributed by atoms with van der Waals surface area (Å²) in [5.41, 5.74) is 2.10. The Kier molecular flexibility index (Phi) is 7.42. The SMILES string of the molecule is Cc1cc(N2C(=O)N(CCCOc3ccc(CN4CCCCC4)cc3)C(C)(C)C2=O)ccc1C#N. The molecule has 0 unspecified atom stereocenters. The standard InChI is InChI=1S/C28H34N4O3/c1-21-18-24(11-10-23(21)19-29)32-26(33)28(2,3)31(27(32)34)16-7-17-35-25-12-8-22(9-13-25)20-30-14-5-4-6-15-30/h8-13,18H,4-7,14-17,20H2,1-3H3. The molecule has 0 N–H and O–H groups in total. The predicted octanol–water partition coefficient (Wildman–Crippen LogP) is 4.87. The molecule has 2 aliphatic rings. The number of benzene rings is 2. The number of amides is 3. The lowest BCUT2D eigenvalue weighted by Gasteiger charge is -2.27. The quantitative estimate of drug-likeness (QED) is 0.403. The highest BCUT2D eigenvalue weighted by Gasteiger charge is 2.51. The van der Waals surface area contributed by atoms with Gasteiger partial charge in [-0.15, -0.1) is 0 Å². The summed E-state index contributed by atoms with van der Waals surface area (Å²) in [4.78, 5) is 31.6. The van der Waals surface area contributed by atoms with E-state index in [-0.39, 0.29) is 11.9 Å². The van der Waals surface area contributed by atoms with E-state index in [1.807, 2.05) is 12.1 Å². The second kappa shape index (κ2) is 10.5. The number of nitrogens with zero attached hydrogens (tertiary/aromatic N) is 4. The van der Waals surface area contributed by atoms with Gasteiger partial charge in [-0.05, 0) is 94.6 Å². The van der Waals surface area contributed by atoms with E-state index in [0.29, 0.717) is 30.8 Å². The molecule has 2 aliphatic heterocycles. The van der Waals surface area contributed by atoms with Crippen molar-refractivity contribution < 1.29 is 14.3 Å². The van der Waals surface area contributed by atoms with Crippen molar-refractivity contribution in [2.45, 2.75) is 58.5 Å². The molecule has 0 radical (unpaired) electrons. The minimum Gasteiger partial charge on any atom is -0.494 e. The summed E-state index contributed by atoms with van der Waals surface area (Å²) < 4.78 is 5.91. The van der Waals surface area contributed by atoms with Crippen molar-refractivity contribution in [1.82, 2.24) is 9.80 Å². The molecule has 2 fully saturated rings.